The van der Waals surface area contributed by atoms with Crippen molar-refractivity contribution in [2.45, 2.75) is 6.18 Å². The van der Waals surface area contributed by atoms with E-state index in [0.29, 0.717) is 35.7 Å². The number of hydrogen-bond acceptors (Lipinski definition) is 3. The molecule has 5 nitrogen and oxygen atoms in total. The zero-order valence-electron chi connectivity index (χ0n) is 16.3. The number of hydrogen-bond donors (Lipinski definition) is 1. The van der Waals surface area contributed by atoms with E-state index in [4.69, 9.17) is 4.74 Å². The van der Waals surface area contributed by atoms with Crippen LogP contribution in [0.3, 0.4) is 0 Å². The SMILES string of the molecule is O=C(NCCOc1ccccc1)c1cn2cc(-c3cccc(C(F)(F)F)c3)ccc2n1. The maximum atomic E-state index is 13.0. The van der Waals surface area contributed by atoms with Gasteiger partial charge < -0.3 is 14.5 Å². The van der Waals surface area contributed by atoms with Gasteiger partial charge in [0.2, 0.25) is 0 Å². The number of carbonyl (C=O) groups excluding carboxylic acids is 1. The molecule has 4 rings (SSSR count). The normalized spacial score (nSPS) is 11.5. The van der Waals surface area contributed by atoms with Gasteiger partial charge in [0.25, 0.3) is 5.91 Å². The summed E-state index contributed by atoms with van der Waals surface area (Å²) in [4.78, 5) is 16.6. The summed E-state index contributed by atoms with van der Waals surface area (Å²) in [7, 11) is 0. The van der Waals surface area contributed by atoms with Gasteiger partial charge in [-0.05, 0) is 47.5 Å². The average Bonchev–Trinajstić information content (AvgIpc) is 3.20. The number of aromatic nitrogens is 2. The van der Waals surface area contributed by atoms with Gasteiger partial charge in [-0.25, -0.2) is 4.98 Å². The highest BCUT2D eigenvalue weighted by molar-refractivity contribution is 5.92. The second kappa shape index (κ2) is 8.51. The highest BCUT2D eigenvalue weighted by Gasteiger charge is 2.30. The molecule has 0 fully saturated rings. The molecule has 0 aliphatic rings. The van der Waals surface area contributed by atoms with Crippen LogP contribution in [-0.4, -0.2) is 28.4 Å². The Labute approximate surface area is 176 Å². The smallest absolute Gasteiger partial charge is 0.416 e. The first-order chi connectivity index (χ1) is 14.9. The topological polar surface area (TPSA) is 55.6 Å². The van der Waals surface area contributed by atoms with E-state index in [2.05, 4.69) is 10.3 Å². The number of ether oxygens (including phenoxy) is 1. The van der Waals surface area contributed by atoms with Gasteiger partial charge in [0.1, 0.15) is 23.7 Å². The van der Waals surface area contributed by atoms with Gasteiger partial charge in [0, 0.05) is 12.4 Å². The Morgan fingerprint density at radius 3 is 2.55 bits per heavy atom. The molecule has 0 aliphatic heterocycles. The van der Waals surface area contributed by atoms with Gasteiger partial charge in [-0.3, -0.25) is 4.79 Å². The summed E-state index contributed by atoms with van der Waals surface area (Å²) in [6, 6.07) is 17.7. The molecule has 0 bridgehead atoms. The van der Waals surface area contributed by atoms with Gasteiger partial charge in [-0.1, -0.05) is 30.3 Å². The fraction of sp³-hybridized carbons (Fsp3) is 0.130. The number of pyridine rings is 1. The number of benzene rings is 2. The van der Waals surface area contributed by atoms with Crippen molar-refractivity contribution < 1.29 is 22.7 Å². The molecule has 2 aromatic heterocycles. The number of nitrogens with zero attached hydrogens (tertiary/aromatic N) is 2. The minimum Gasteiger partial charge on any atom is -0.492 e. The van der Waals surface area contributed by atoms with Crippen molar-refractivity contribution in [2.24, 2.45) is 0 Å². The van der Waals surface area contributed by atoms with Crippen molar-refractivity contribution in [3.63, 3.8) is 0 Å². The van der Waals surface area contributed by atoms with E-state index in [9.17, 15) is 18.0 Å². The zero-order valence-corrected chi connectivity index (χ0v) is 16.3. The Hall–Kier alpha value is -3.81. The number of halogens is 3. The van der Waals surface area contributed by atoms with Gasteiger partial charge in [0.05, 0.1) is 12.1 Å². The molecular formula is C23H18F3N3O2. The van der Waals surface area contributed by atoms with Gasteiger partial charge >= 0.3 is 6.18 Å². The summed E-state index contributed by atoms with van der Waals surface area (Å²) >= 11 is 0. The second-order valence-electron chi connectivity index (χ2n) is 6.81. The molecule has 1 N–H and O–H groups in total. The number of alkyl halides is 3. The third kappa shape index (κ3) is 4.85. The predicted octanol–water partition coefficient (Wildman–Crippen LogP) is 4.83. The van der Waals surface area contributed by atoms with Crippen LogP contribution in [0.15, 0.2) is 79.1 Å². The van der Waals surface area contributed by atoms with Crippen LogP contribution < -0.4 is 10.1 Å². The van der Waals surface area contributed by atoms with Crippen molar-refractivity contribution in [1.29, 1.82) is 0 Å². The standard InChI is InChI=1S/C23H18F3N3O2/c24-23(25,26)18-6-4-5-16(13-18)17-9-10-21-28-20(15-29(21)14-17)22(30)27-11-12-31-19-7-2-1-3-8-19/h1-10,13-15H,11-12H2,(H,27,30). The van der Waals surface area contributed by atoms with Crippen molar-refractivity contribution in [3.8, 4) is 16.9 Å². The lowest BCUT2D eigenvalue weighted by molar-refractivity contribution is -0.137. The van der Waals surface area contributed by atoms with Gasteiger partial charge in [-0.2, -0.15) is 13.2 Å². The Morgan fingerprint density at radius 1 is 0.968 bits per heavy atom. The summed E-state index contributed by atoms with van der Waals surface area (Å²) in [5.41, 5.74) is 1.02. The number of carbonyl (C=O) groups is 1. The second-order valence-corrected chi connectivity index (χ2v) is 6.81. The van der Waals surface area contributed by atoms with Crippen LogP contribution in [-0.2, 0) is 6.18 Å². The Balaban J connectivity index is 1.44. The fourth-order valence-corrected chi connectivity index (χ4v) is 3.09. The van der Waals surface area contributed by atoms with Crippen LogP contribution >= 0.6 is 0 Å². The molecule has 0 atom stereocenters. The zero-order chi connectivity index (χ0) is 21.8. The number of para-hydroxylation sites is 1. The highest BCUT2D eigenvalue weighted by Crippen LogP contribution is 2.32. The Bertz CT molecular complexity index is 1200. The Kier molecular flexibility index (Phi) is 5.62. The summed E-state index contributed by atoms with van der Waals surface area (Å²) < 4.78 is 46.1. The molecule has 1 amide bonds. The molecule has 2 aromatic carbocycles. The van der Waals surface area contributed by atoms with E-state index < -0.39 is 11.7 Å². The number of imidazole rings is 1. The first-order valence-corrected chi connectivity index (χ1v) is 9.52. The van der Waals surface area contributed by atoms with Crippen molar-refractivity contribution in [2.75, 3.05) is 13.2 Å². The number of nitrogens with one attached hydrogen (secondary N) is 1. The first-order valence-electron chi connectivity index (χ1n) is 9.52. The molecule has 0 aliphatic carbocycles. The van der Waals surface area contributed by atoms with E-state index >= 15 is 0 Å². The highest BCUT2D eigenvalue weighted by atomic mass is 19.4. The molecule has 2 heterocycles. The quantitative estimate of drug-likeness (QED) is 0.450. The van der Waals surface area contributed by atoms with Crippen LogP contribution in [0.25, 0.3) is 16.8 Å². The molecule has 0 spiro atoms. The van der Waals surface area contributed by atoms with Crippen LogP contribution in [0.1, 0.15) is 16.1 Å². The molecular weight excluding hydrogens is 407 g/mol. The van der Waals surface area contributed by atoms with Gasteiger partial charge in [-0.15, -0.1) is 0 Å². The van der Waals surface area contributed by atoms with Crippen molar-refractivity contribution in [3.05, 3.63) is 90.4 Å². The molecule has 8 heteroatoms. The maximum absolute atomic E-state index is 13.0. The molecule has 158 valence electrons. The van der Waals surface area contributed by atoms with Crippen LogP contribution in [0.4, 0.5) is 13.2 Å². The van der Waals surface area contributed by atoms with E-state index in [1.165, 1.54) is 6.07 Å². The lowest BCUT2D eigenvalue weighted by Crippen LogP contribution is -2.28. The van der Waals surface area contributed by atoms with Crippen LogP contribution in [0, 0.1) is 0 Å². The summed E-state index contributed by atoms with van der Waals surface area (Å²) in [5.74, 6) is 0.354. The molecule has 31 heavy (non-hydrogen) atoms. The number of amides is 1. The molecule has 0 radical (unpaired) electrons. The Morgan fingerprint density at radius 2 is 1.77 bits per heavy atom. The lowest BCUT2D eigenvalue weighted by atomic mass is 10.0. The van der Waals surface area contributed by atoms with E-state index in [-0.39, 0.29) is 11.6 Å². The van der Waals surface area contributed by atoms with Crippen LogP contribution in [0.5, 0.6) is 5.75 Å². The lowest BCUT2D eigenvalue weighted by Gasteiger charge is -2.09. The monoisotopic (exact) mass is 425 g/mol. The predicted molar refractivity (Wildman–Crippen MR) is 110 cm³/mol. The largest absolute Gasteiger partial charge is 0.492 e. The molecule has 0 unspecified atom stereocenters. The fourth-order valence-electron chi connectivity index (χ4n) is 3.09. The minimum absolute atomic E-state index is 0.209. The summed E-state index contributed by atoms with van der Waals surface area (Å²) in [6.45, 7) is 0.611. The van der Waals surface area contributed by atoms with E-state index in [1.807, 2.05) is 30.3 Å². The third-order valence-corrected chi connectivity index (χ3v) is 4.61. The van der Waals surface area contributed by atoms with Crippen molar-refractivity contribution in [1.82, 2.24) is 14.7 Å². The van der Waals surface area contributed by atoms with Crippen LogP contribution in [0.2, 0.25) is 0 Å². The maximum Gasteiger partial charge on any atom is 0.416 e. The molecule has 0 saturated carbocycles. The number of fused-ring (bicyclic) bond motifs is 1. The van der Waals surface area contributed by atoms with E-state index in [1.54, 1.807) is 35.0 Å². The van der Waals surface area contributed by atoms with Crippen molar-refractivity contribution >= 4 is 11.6 Å². The average molecular weight is 425 g/mol. The van der Waals surface area contributed by atoms with E-state index in [0.717, 1.165) is 12.1 Å². The summed E-state index contributed by atoms with van der Waals surface area (Å²) in [5, 5.41) is 2.74. The number of rotatable bonds is 6. The first kappa shape index (κ1) is 20.5. The molecule has 0 saturated heterocycles. The minimum atomic E-state index is -4.41. The van der Waals surface area contributed by atoms with Gasteiger partial charge in [0.15, 0.2) is 0 Å². The third-order valence-electron chi connectivity index (χ3n) is 4.61. The summed E-state index contributed by atoms with van der Waals surface area (Å²) in [6.07, 6.45) is -1.22. The molecule has 4 aromatic rings.